The zero-order valence-corrected chi connectivity index (χ0v) is 12.9. The van der Waals surface area contributed by atoms with Gasteiger partial charge in [0.15, 0.2) is 0 Å². The van der Waals surface area contributed by atoms with Gasteiger partial charge >= 0.3 is 0 Å². The highest BCUT2D eigenvalue weighted by Gasteiger charge is 2.21. The van der Waals surface area contributed by atoms with Crippen LogP contribution in [0.4, 0.5) is 5.82 Å². The molecule has 0 spiro atoms. The fourth-order valence-corrected chi connectivity index (χ4v) is 3.45. The first kappa shape index (κ1) is 14.2. The Hall–Kier alpha value is -1.77. The zero-order valence-electron chi connectivity index (χ0n) is 12.9. The molecule has 21 heavy (non-hydrogen) atoms. The summed E-state index contributed by atoms with van der Waals surface area (Å²) < 4.78 is 1.93. The molecule has 2 aromatic rings. The van der Waals surface area contributed by atoms with Crippen molar-refractivity contribution in [3.05, 3.63) is 41.6 Å². The fourth-order valence-electron chi connectivity index (χ4n) is 3.45. The molecule has 1 heterocycles. The quantitative estimate of drug-likeness (QED) is 0.896. The molecule has 3 rings (SSSR count). The lowest BCUT2D eigenvalue weighted by atomic mass is 9.98. The van der Waals surface area contributed by atoms with Crippen molar-refractivity contribution in [1.29, 1.82) is 0 Å². The average Bonchev–Trinajstić information content (AvgIpc) is 3.12. The van der Waals surface area contributed by atoms with Crippen molar-refractivity contribution in [2.45, 2.75) is 51.9 Å². The number of nitrogen functional groups attached to an aromatic ring is 1. The van der Waals surface area contributed by atoms with Crippen LogP contribution in [0.2, 0.25) is 0 Å². The summed E-state index contributed by atoms with van der Waals surface area (Å²) in [6.45, 7) is 2.21. The normalized spacial score (nSPS) is 15.7. The molecule has 0 atom stereocenters. The van der Waals surface area contributed by atoms with Crippen molar-refractivity contribution in [3.63, 3.8) is 0 Å². The molecule has 3 heteroatoms. The van der Waals surface area contributed by atoms with E-state index in [0.717, 1.165) is 36.7 Å². The van der Waals surface area contributed by atoms with Crippen LogP contribution in [0.5, 0.6) is 0 Å². The Balaban J connectivity index is 1.94. The van der Waals surface area contributed by atoms with Crippen LogP contribution in [0.25, 0.3) is 5.69 Å². The van der Waals surface area contributed by atoms with Crippen LogP contribution in [-0.4, -0.2) is 9.78 Å². The molecule has 1 aromatic carbocycles. The van der Waals surface area contributed by atoms with Crippen molar-refractivity contribution in [1.82, 2.24) is 9.78 Å². The Bertz CT molecular complexity index is 580. The first-order chi connectivity index (χ1) is 10.3. The first-order valence-electron chi connectivity index (χ1n) is 8.21. The van der Waals surface area contributed by atoms with Gasteiger partial charge in [-0.1, -0.05) is 57.2 Å². The van der Waals surface area contributed by atoms with E-state index in [0.29, 0.717) is 0 Å². The molecule has 2 N–H and O–H groups in total. The molecule has 1 aromatic heterocycles. The molecule has 0 saturated heterocycles. The van der Waals surface area contributed by atoms with Gasteiger partial charge in [-0.3, -0.25) is 0 Å². The van der Waals surface area contributed by atoms with Crippen LogP contribution < -0.4 is 5.73 Å². The van der Waals surface area contributed by atoms with E-state index in [1.54, 1.807) is 0 Å². The van der Waals surface area contributed by atoms with Crippen LogP contribution in [0.1, 0.15) is 50.3 Å². The van der Waals surface area contributed by atoms with E-state index in [-0.39, 0.29) is 0 Å². The number of anilines is 1. The maximum atomic E-state index is 6.40. The van der Waals surface area contributed by atoms with Crippen LogP contribution in [0.15, 0.2) is 30.3 Å². The molecule has 1 aliphatic carbocycles. The Morgan fingerprint density at radius 2 is 1.90 bits per heavy atom. The summed E-state index contributed by atoms with van der Waals surface area (Å²) in [6.07, 6.45) is 8.70. The van der Waals surface area contributed by atoms with Gasteiger partial charge in [-0.05, 0) is 30.9 Å². The largest absolute Gasteiger partial charge is 0.383 e. The van der Waals surface area contributed by atoms with Gasteiger partial charge in [-0.25, -0.2) is 4.68 Å². The number of rotatable bonds is 5. The second kappa shape index (κ2) is 6.33. The summed E-state index contributed by atoms with van der Waals surface area (Å²) in [7, 11) is 0. The van der Waals surface area contributed by atoms with Gasteiger partial charge in [0.2, 0.25) is 0 Å². The molecule has 0 radical (unpaired) electrons. The van der Waals surface area contributed by atoms with E-state index < -0.39 is 0 Å². The van der Waals surface area contributed by atoms with Crippen LogP contribution in [-0.2, 0) is 12.8 Å². The number of nitrogens with two attached hydrogens (primary N) is 1. The van der Waals surface area contributed by atoms with Crippen molar-refractivity contribution < 1.29 is 0 Å². The molecule has 1 fully saturated rings. The highest BCUT2D eigenvalue weighted by molar-refractivity contribution is 5.50. The Morgan fingerprint density at radius 1 is 1.19 bits per heavy atom. The van der Waals surface area contributed by atoms with Crippen molar-refractivity contribution in [3.8, 4) is 5.69 Å². The van der Waals surface area contributed by atoms with E-state index in [9.17, 15) is 0 Å². The van der Waals surface area contributed by atoms with Crippen LogP contribution in [0.3, 0.4) is 0 Å². The molecule has 0 bridgehead atoms. The summed E-state index contributed by atoms with van der Waals surface area (Å²) in [6, 6.07) is 10.2. The molecule has 112 valence electrons. The van der Waals surface area contributed by atoms with Gasteiger partial charge in [-0.15, -0.1) is 0 Å². The highest BCUT2D eigenvalue weighted by atomic mass is 15.3. The number of aromatic nitrogens is 2. The minimum atomic E-state index is 0.805. The van der Waals surface area contributed by atoms with Crippen molar-refractivity contribution >= 4 is 5.82 Å². The lowest BCUT2D eigenvalue weighted by Gasteiger charge is -2.07. The molecule has 0 unspecified atom stereocenters. The Kier molecular flexibility index (Phi) is 4.28. The Morgan fingerprint density at radius 3 is 2.57 bits per heavy atom. The van der Waals surface area contributed by atoms with E-state index in [2.05, 4.69) is 19.1 Å². The summed E-state index contributed by atoms with van der Waals surface area (Å²) >= 11 is 0. The lowest BCUT2D eigenvalue weighted by Crippen LogP contribution is -2.03. The summed E-state index contributed by atoms with van der Waals surface area (Å²) in [5.41, 5.74) is 9.96. The van der Waals surface area contributed by atoms with E-state index in [1.807, 2.05) is 22.9 Å². The lowest BCUT2D eigenvalue weighted by molar-refractivity contribution is 0.534. The molecular formula is C18H25N3. The van der Waals surface area contributed by atoms with Gasteiger partial charge < -0.3 is 5.73 Å². The second-order valence-corrected chi connectivity index (χ2v) is 6.16. The number of hydrogen-bond acceptors (Lipinski definition) is 2. The maximum Gasteiger partial charge on any atom is 0.130 e. The third-order valence-electron chi connectivity index (χ3n) is 4.56. The molecule has 0 amide bonds. The van der Waals surface area contributed by atoms with E-state index in [4.69, 9.17) is 10.8 Å². The predicted octanol–water partition coefficient (Wildman–Crippen LogP) is 4.14. The minimum absolute atomic E-state index is 0.805. The standard InChI is InChI=1S/C18H25N3/c1-2-8-16-17(13-14-9-6-7-10-14)20-21(18(16)19)15-11-4-3-5-12-15/h3-5,11-12,14H,2,6-10,13,19H2,1H3. The van der Waals surface area contributed by atoms with E-state index in [1.165, 1.54) is 36.9 Å². The highest BCUT2D eigenvalue weighted by Crippen LogP contribution is 2.31. The number of nitrogens with zero attached hydrogens (tertiary/aromatic N) is 2. The predicted molar refractivity (Wildman–Crippen MR) is 87.6 cm³/mol. The van der Waals surface area contributed by atoms with Crippen LogP contribution in [0, 0.1) is 5.92 Å². The SMILES string of the molecule is CCCc1c(CC2CCCC2)nn(-c2ccccc2)c1N. The van der Waals surface area contributed by atoms with Crippen LogP contribution >= 0.6 is 0 Å². The fraction of sp³-hybridized carbons (Fsp3) is 0.500. The monoisotopic (exact) mass is 283 g/mol. The van der Waals surface area contributed by atoms with Gasteiger partial charge in [0, 0.05) is 5.56 Å². The summed E-state index contributed by atoms with van der Waals surface area (Å²) in [5, 5.41) is 4.85. The topological polar surface area (TPSA) is 43.8 Å². The number of para-hydroxylation sites is 1. The molecular weight excluding hydrogens is 258 g/mol. The maximum absolute atomic E-state index is 6.40. The molecule has 1 saturated carbocycles. The summed E-state index contributed by atoms with van der Waals surface area (Å²) in [5.74, 6) is 1.63. The molecule has 1 aliphatic rings. The van der Waals surface area contributed by atoms with Gasteiger partial charge in [0.1, 0.15) is 5.82 Å². The number of benzene rings is 1. The zero-order chi connectivity index (χ0) is 14.7. The van der Waals surface area contributed by atoms with Gasteiger partial charge in [0.25, 0.3) is 0 Å². The smallest absolute Gasteiger partial charge is 0.130 e. The molecule has 0 aliphatic heterocycles. The molecule has 3 nitrogen and oxygen atoms in total. The average molecular weight is 283 g/mol. The van der Waals surface area contributed by atoms with Crippen molar-refractivity contribution in [2.24, 2.45) is 5.92 Å². The van der Waals surface area contributed by atoms with Crippen molar-refractivity contribution in [2.75, 3.05) is 5.73 Å². The first-order valence-corrected chi connectivity index (χ1v) is 8.21. The van der Waals surface area contributed by atoms with E-state index >= 15 is 0 Å². The summed E-state index contributed by atoms with van der Waals surface area (Å²) in [4.78, 5) is 0. The third-order valence-corrected chi connectivity index (χ3v) is 4.56. The number of hydrogen-bond donors (Lipinski definition) is 1. The van der Waals surface area contributed by atoms with Gasteiger partial charge in [-0.2, -0.15) is 5.10 Å². The Labute approximate surface area is 127 Å². The third kappa shape index (κ3) is 2.97. The minimum Gasteiger partial charge on any atom is -0.383 e. The second-order valence-electron chi connectivity index (χ2n) is 6.16. The van der Waals surface area contributed by atoms with Gasteiger partial charge in [0.05, 0.1) is 11.4 Å².